The maximum atomic E-state index is 14.1. The van der Waals surface area contributed by atoms with Gasteiger partial charge in [-0.3, -0.25) is 9.59 Å². The van der Waals surface area contributed by atoms with E-state index in [1.807, 2.05) is 6.92 Å². The third-order valence-corrected chi connectivity index (χ3v) is 3.59. The van der Waals surface area contributed by atoms with Gasteiger partial charge < -0.3 is 15.5 Å². The highest BCUT2D eigenvalue weighted by atomic mass is 19.1. The van der Waals surface area contributed by atoms with Crippen LogP contribution in [0.15, 0.2) is 18.2 Å². The van der Waals surface area contributed by atoms with Gasteiger partial charge in [-0.05, 0) is 6.42 Å². The van der Waals surface area contributed by atoms with Gasteiger partial charge in [0.2, 0.25) is 11.8 Å². The molecule has 2 rings (SSSR count). The molecule has 2 N–H and O–H groups in total. The van der Waals surface area contributed by atoms with Gasteiger partial charge in [0.15, 0.2) is 0 Å². The fraction of sp³-hybridized carbons (Fsp3) is 0.467. The average Bonchev–Trinajstić information content (AvgIpc) is 2.46. The molecular weight excluding hydrogens is 273 g/mol. The van der Waals surface area contributed by atoms with Crippen LogP contribution in [0.25, 0.3) is 0 Å². The first kappa shape index (κ1) is 15.4. The van der Waals surface area contributed by atoms with Gasteiger partial charge in [0, 0.05) is 30.8 Å². The zero-order chi connectivity index (χ0) is 15.4. The zero-order valence-corrected chi connectivity index (χ0v) is 12.1. The predicted octanol–water partition coefficient (Wildman–Crippen LogP) is 0.865. The molecule has 1 aromatic rings. The normalized spacial score (nSPS) is 15.8. The second kappa shape index (κ2) is 6.67. The number of hydrogen-bond donors (Lipinski definition) is 1. The lowest BCUT2D eigenvalue weighted by Gasteiger charge is -2.33. The number of hydrogen-bond acceptors (Lipinski definition) is 3. The van der Waals surface area contributed by atoms with E-state index < -0.39 is 5.82 Å². The van der Waals surface area contributed by atoms with E-state index in [0.29, 0.717) is 17.7 Å². The van der Waals surface area contributed by atoms with Crippen LogP contribution in [-0.2, 0) is 22.7 Å². The molecule has 1 aliphatic rings. The van der Waals surface area contributed by atoms with E-state index in [9.17, 15) is 14.0 Å². The molecule has 2 amide bonds. The number of carbonyl (C=O) groups excluding carboxylic acids is 2. The van der Waals surface area contributed by atoms with Crippen molar-refractivity contribution in [2.75, 3.05) is 19.6 Å². The number of piperazine rings is 1. The van der Waals surface area contributed by atoms with Gasteiger partial charge in [-0.25, -0.2) is 4.39 Å². The number of benzene rings is 1. The molecule has 1 fully saturated rings. The van der Waals surface area contributed by atoms with Gasteiger partial charge in [0.25, 0.3) is 0 Å². The fourth-order valence-electron chi connectivity index (χ4n) is 2.44. The van der Waals surface area contributed by atoms with E-state index in [1.54, 1.807) is 23.1 Å². The lowest BCUT2D eigenvalue weighted by molar-refractivity contribution is -0.150. The summed E-state index contributed by atoms with van der Waals surface area (Å²) in [6.45, 7) is 2.82. The average molecular weight is 293 g/mol. The van der Waals surface area contributed by atoms with Crippen LogP contribution in [0.5, 0.6) is 0 Å². The summed E-state index contributed by atoms with van der Waals surface area (Å²) in [6, 6.07) is 4.94. The monoisotopic (exact) mass is 293 g/mol. The Hall–Kier alpha value is -1.95. The van der Waals surface area contributed by atoms with E-state index >= 15 is 0 Å². The quantitative estimate of drug-likeness (QED) is 0.876. The van der Waals surface area contributed by atoms with Crippen molar-refractivity contribution in [3.63, 3.8) is 0 Å². The Kier molecular flexibility index (Phi) is 4.90. The lowest BCUT2D eigenvalue weighted by Crippen LogP contribution is -2.53. The molecule has 6 heteroatoms. The third-order valence-electron chi connectivity index (χ3n) is 3.59. The highest BCUT2D eigenvalue weighted by Crippen LogP contribution is 2.16. The summed E-state index contributed by atoms with van der Waals surface area (Å²) in [6.07, 6.45) is 0.812. The van der Waals surface area contributed by atoms with Gasteiger partial charge in [-0.15, -0.1) is 0 Å². The molecule has 0 unspecified atom stereocenters. The highest BCUT2D eigenvalue weighted by Gasteiger charge is 2.29. The van der Waals surface area contributed by atoms with Gasteiger partial charge >= 0.3 is 0 Å². The largest absolute Gasteiger partial charge is 0.332 e. The molecule has 0 aromatic heterocycles. The molecule has 1 heterocycles. The standard InChI is InChI=1S/C15H20FN3O2/c1-2-6-18-9-14(21)19(10-13(18)20)8-12-5-3-4-11(7-17)15(12)16/h3-5H,2,6-10,17H2,1H3. The molecule has 1 aromatic carbocycles. The number of nitrogens with two attached hydrogens (primary N) is 1. The van der Waals surface area contributed by atoms with Crippen molar-refractivity contribution < 1.29 is 14.0 Å². The number of amides is 2. The van der Waals surface area contributed by atoms with E-state index in [4.69, 9.17) is 5.73 Å². The van der Waals surface area contributed by atoms with Crippen molar-refractivity contribution in [3.8, 4) is 0 Å². The zero-order valence-electron chi connectivity index (χ0n) is 12.1. The molecular formula is C15H20FN3O2. The second-order valence-electron chi connectivity index (χ2n) is 5.16. The molecule has 1 saturated heterocycles. The Bertz CT molecular complexity index is 548. The van der Waals surface area contributed by atoms with Gasteiger partial charge in [-0.1, -0.05) is 25.1 Å². The Morgan fingerprint density at radius 2 is 1.76 bits per heavy atom. The van der Waals surface area contributed by atoms with Crippen LogP contribution in [-0.4, -0.2) is 41.2 Å². The molecule has 0 spiro atoms. The molecule has 0 atom stereocenters. The Morgan fingerprint density at radius 1 is 1.14 bits per heavy atom. The second-order valence-corrected chi connectivity index (χ2v) is 5.16. The van der Waals surface area contributed by atoms with Crippen LogP contribution in [0.4, 0.5) is 4.39 Å². The molecule has 114 valence electrons. The summed E-state index contributed by atoms with van der Waals surface area (Å²) in [7, 11) is 0. The van der Waals surface area contributed by atoms with Crippen LogP contribution in [0.3, 0.4) is 0 Å². The molecule has 0 saturated carbocycles. The molecule has 0 radical (unpaired) electrons. The smallest absolute Gasteiger partial charge is 0.242 e. The number of carbonyl (C=O) groups is 2. The van der Waals surface area contributed by atoms with Gasteiger partial charge in [0.05, 0.1) is 6.54 Å². The fourth-order valence-corrected chi connectivity index (χ4v) is 2.44. The van der Waals surface area contributed by atoms with Crippen LogP contribution in [0.2, 0.25) is 0 Å². The summed E-state index contributed by atoms with van der Waals surface area (Å²) in [4.78, 5) is 27.0. The number of nitrogens with zero attached hydrogens (tertiary/aromatic N) is 2. The minimum atomic E-state index is -0.392. The topological polar surface area (TPSA) is 66.6 Å². The Morgan fingerprint density at radius 3 is 2.43 bits per heavy atom. The van der Waals surface area contributed by atoms with Crippen LogP contribution in [0, 0.1) is 5.82 Å². The maximum absolute atomic E-state index is 14.1. The highest BCUT2D eigenvalue weighted by molar-refractivity contribution is 5.92. The van der Waals surface area contributed by atoms with Crippen LogP contribution in [0.1, 0.15) is 24.5 Å². The molecule has 0 bridgehead atoms. The number of halogens is 1. The van der Waals surface area contributed by atoms with Gasteiger partial charge in [0.1, 0.15) is 12.4 Å². The first-order valence-corrected chi connectivity index (χ1v) is 7.08. The van der Waals surface area contributed by atoms with Crippen molar-refractivity contribution in [1.29, 1.82) is 0 Å². The van der Waals surface area contributed by atoms with Crippen molar-refractivity contribution >= 4 is 11.8 Å². The van der Waals surface area contributed by atoms with Gasteiger partial charge in [-0.2, -0.15) is 0 Å². The van der Waals surface area contributed by atoms with Crippen molar-refractivity contribution in [3.05, 3.63) is 35.1 Å². The summed E-state index contributed by atoms with van der Waals surface area (Å²) >= 11 is 0. The van der Waals surface area contributed by atoms with E-state index in [-0.39, 0.29) is 38.0 Å². The SMILES string of the molecule is CCCN1CC(=O)N(Cc2cccc(CN)c2F)CC1=O. The minimum absolute atomic E-state index is 0.00509. The predicted molar refractivity (Wildman–Crippen MR) is 76.6 cm³/mol. The van der Waals surface area contributed by atoms with Crippen LogP contribution >= 0.6 is 0 Å². The summed E-state index contributed by atoms with van der Waals surface area (Å²) in [5.41, 5.74) is 6.28. The number of rotatable bonds is 5. The third kappa shape index (κ3) is 3.39. The van der Waals surface area contributed by atoms with Crippen molar-refractivity contribution in [1.82, 2.24) is 9.80 Å². The minimum Gasteiger partial charge on any atom is -0.332 e. The summed E-state index contributed by atoms with van der Waals surface area (Å²) in [5, 5.41) is 0. The van der Waals surface area contributed by atoms with E-state index in [1.165, 1.54) is 4.90 Å². The molecule has 1 aliphatic heterocycles. The van der Waals surface area contributed by atoms with Crippen molar-refractivity contribution in [2.45, 2.75) is 26.4 Å². The Balaban J connectivity index is 2.10. The molecule has 0 aliphatic carbocycles. The van der Waals surface area contributed by atoms with Crippen LogP contribution < -0.4 is 5.73 Å². The lowest BCUT2D eigenvalue weighted by atomic mass is 10.1. The molecule has 5 nitrogen and oxygen atoms in total. The van der Waals surface area contributed by atoms with E-state index in [2.05, 4.69) is 0 Å². The maximum Gasteiger partial charge on any atom is 0.242 e. The Labute approximate surface area is 123 Å². The van der Waals surface area contributed by atoms with Crippen molar-refractivity contribution in [2.24, 2.45) is 5.73 Å². The first-order chi connectivity index (χ1) is 10.1. The van der Waals surface area contributed by atoms with E-state index in [0.717, 1.165) is 6.42 Å². The molecule has 21 heavy (non-hydrogen) atoms. The summed E-state index contributed by atoms with van der Waals surface area (Å²) < 4.78 is 14.1. The first-order valence-electron chi connectivity index (χ1n) is 7.08. The summed E-state index contributed by atoms with van der Waals surface area (Å²) in [5.74, 6) is -0.635.